The van der Waals surface area contributed by atoms with Crippen molar-refractivity contribution in [1.29, 1.82) is 0 Å². The van der Waals surface area contributed by atoms with Crippen LogP contribution in [0.5, 0.6) is 5.75 Å². The molecule has 0 atom stereocenters. The maximum Gasteiger partial charge on any atom is 0.121 e. The second-order valence-corrected chi connectivity index (χ2v) is 3.74. The minimum Gasteiger partial charge on any atom is -0.497 e. The first-order valence-corrected chi connectivity index (χ1v) is 5.54. The van der Waals surface area contributed by atoms with E-state index in [-0.39, 0.29) is 0 Å². The van der Waals surface area contributed by atoms with Gasteiger partial charge in [0, 0.05) is 22.5 Å². The van der Waals surface area contributed by atoms with E-state index in [0.29, 0.717) is 0 Å². The molecule has 0 radical (unpaired) electrons. The quantitative estimate of drug-likeness (QED) is 0.704. The molecule has 0 spiro atoms. The fourth-order valence-electron chi connectivity index (χ4n) is 1.41. The van der Waals surface area contributed by atoms with Crippen molar-refractivity contribution in [3.05, 3.63) is 30.5 Å². The monoisotopic (exact) mass is 205 g/mol. The number of pyridine rings is 1. The van der Waals surface area contributed by atoms with Gasteiger partial charge in [0.2, 0.25) is 0 Å². The zero-order valence-electron chi connectivity index (χ0n) is 8.15. The molecule has 0 aliphatic rings. The summed E-state index contributed by atoms with van der Waals surface area (Å²) in [5.41, 5.74) is 0.983. The number of hydrogen-bond donors (Lipinski definition) is 0. The van der Waals surface area contributed by atoms with Crippen molar-refractivity contribution in [2.45, 2.75) is 4.90 Å². The molecule has 0 aliphatic heterocycles. The zero-order valence-corrected chi connectivity index (χ0v) is 8.97. The minimum atomic E-state index is 0.850. The summed E-state index contributed by atoms with van der Waals surface area (Å²) in [6, 6.07) is 7.99. The maximum atomic E-state index is 5.15. The van der Waals surface area contributed by atoms with Crippen molar-refractivity contribution in [3.8, 4) is 5.75 Å². The molecule has 0 fully saturated rings. The average Bonchev–Trinajstić information content (AvgIpc) is 2.27. The number of nitrogens with zero attached hydrogens (tertiary/aromatic N) is 1. The largest absolute Gasteiger partial charge is 0.497 e. The van der Waals surface area contributed by atoms with Gasteiger partial charge in [0.05, 0.1) is 12.6 Å². The molecule has 14 heavy (non-hydrogen) atoms. The molecule has 0 unspecified atom stereocenters. The van der Waals surface area contributed by atoms with Gasteiger partial charge < -0.3 is 4.74 Å². The summed E-state index contributed by atoms with van der Waals surface area (Å²) in [6.07, 6.45) is 3.90. The summed E-state index contributed by atoms with van der Waals surface area (Å²) in [6.45, 7) is 0. The van der Waals surface area contributed by atoms with Crippen molar-refractivity contribution < 1.29 is 4.74 Å². The van der Waals surface area contributed by atoms with Crippen LogP contribution in [0.15, 0.2) is 35.4 Å². The van der Waals surface area contributed by atoms with Crippen molar-refractivity contribution >= 4 is 22.7 Å². The van der Waals surface area contributed by atoms with E-state index in [1.165, 1.54) is 10.3 Å². The summed E-state index contributed by atoms with van der Waals surface area (Å²) in [7, 11) is 1.67. The van der Waals surface area contributed by atoms with Crippen LogP contribution in [0, 0.1) is 0 Å². The first-order valence-electron chi connectivity index (χ1n) is 4.32. The Labute approximate surface area is 87.3 Å². The van der Waals surface area contributed by atoms with Crippen LogP contribution in [-0.4, -0.2) is 18.3 Å². The van der Waals surface area contributed by atoms with Crippen molar-refractivity contribution in [3.63, 3.8) is 0 Å². The Morgan fingerprint density at radius 2 is 2.14 bits per heavy atom. The van der Waals surface area contributed by atoms with Crippen LogP contribution in [0.1, 0.15) is 0 Å². The van der Waals surface area contributed by atoms with Crippen molar-refractivity contribution in [2.24, 2.45) is 0 Å². The fraction of sp³-hybridized carbons (Fsp3) is 0.182. The Morgan fingerprint density at radius 1 is 1.29 bits per heavy atom. The van der Waals surface area contributed by atoms with E-state index in [0.717, 1.165) is 11.3 Å². The summed E-state index contributed by atoms with van der Waals surface area (Å²) < 4.78 is 5.15. The molecular formula is C11H11NOS. The molecule has 2 rings (SSSR count). The van der Waals surface area contributed by atoms with Crippen LogP contribution >= 0.6 is 11.8 Å². The highest BCUT2D eigenvalue weighted by Gasteiger charge is 2.01. The first kappa shape index (κ1) is 9.34. The number of hydrogen-bond acceptors (Lipinski definition) is 3. The van der Waals surface area contributed by atoms with Crippen LogP contribution in [0.4, 0.5) is 0 Å². The van der Waals surface area contributed by atoms with Crippen LogP contribution in [0.25, 0.3) is 10.9 Å². The molecule has 2 nitrogen and oxygen atoms in total. The van der Waals surface area contributed by atoms with Crippen LogP contribution < -0.4 is 4.74 Å². The van der Waals surface area contributed by atoms with E-state index in [9.17, 15) is 0 Å². The molecule has 0 saturated carbocycles. The molecule has 1 aromatic carbocycles. The second kappa shape index (κ2) is 3.88. The van der Waals surface area contributed by atoms with E-state index in [1.54, 1.807) is 18.9 Å². The lowest BCUT2D eigenvalue weighted by Crippen LogP contribution is -1.85. The van der Waals surface area contributed by atoms with Crippen LogP contribution in [-0.2, 0) is 0 Å². The van der Waals surface area contributed by atoms with Crippen LogP contribution in [0.2, 0.25) is 0 Å². The van der Waals surface area contributed by atoms with Gasteiger partial charge in [-0.3, -0.25) is 4.98 Å². The van der Waals surface area contributed by atoms with Gasteiger partial charge in [0.25, 0.3) is 0 Å². The molecule has 72 valence electrons. The molecule has 3 heteroatoms. The lowest BCUT2D eigenvalue weighted by atomic mass is 10.2. The van der Waals surface area contributed by atoms with E-state index in [4.69, 9.17) is 4.74 Å². The van der Waals surface area contributed by atoms with E-state index in [1.807, 2.05) is 30.5 Å². The Hall–Kier alpha value is -1.22. The van der Waals surface area contributed by atoms with Gasteiger partial charge in [-0.25, -0.2) is 0 Å². The number of fused-ring (bicyclic) bond motifs is 1. The number of rotatable bonds is 2. The summed E-state index contributed by atoms with van der Waals surface area (Å²) in [5, 5.41) is 1.18. The molecular weight excluding hydrogens is 194 g/mol. The lowest BCUT2D eigenvalue weighted by molar-refractivity contribution is 0.415. The van der Waals surface area contributed by atoms with E-state index >= 15 is 0 Å². The summed E-state index contributed by atoms with van der Waals surface area (Å²) >= 11 is 1.73. The minimum absolute atomic E-state index is 0.850. The molecule has 0 amide bonds. The Kier molecular flexibility index (Phi) is 2.59. The first-order chi connectivity index (χ1) is 6.85. The standard InChI is InChI=1S/C11H11NOS/c1-13-8-3-4-9-10(7-8)12-6-5-11(9)14-2/h3-7H,1-2H3. The predicted molar refractivity (Wildman–Crippen MR) is 60.1 cm³/mol. The highest BCUT2D eigenvalue weighted by Crippen LogP contribution is 2.27. The van der Waals surface area contributed by atoms with Gasteiger partial charge in [0.1, 0.15) is 5.75 Å². The third kappa shape index (κ3) is 1.55. The topological polar surface area (TPSA) is 22.1 Å². The van der Waals surface area contributed by atoms with Gasteiger partial charge in [-0.15, -0.1) is 11.8 Å². The van der Waals surface area contributed by atoms with Gasteiger partial charge in [-0.05, 0) is 24.5 Å². The summed E-state index contributed by atoms with van der Waals surface area (Å²) in [5.74, 6) is 0.850. The molecule has 0 N–H and O–H groups in total. The van der Waals surface area contributed by atoms with Gasteiger partial charge >= 0.3 is 0 Å². The normalized spacial score (nSPS) is 10.4. The number of thioether (sulfide) groups is 1. The van der Waals surface area contributed by atoms with Crippen molar-refractivity contribution in [1.82, 2.24) is 4.98 Å². The SMILES string of the molecule is COc1ccc2c(SC)ccnc2c1. The van der Waals surface area contributed by atoms with Gasteiger partial charge in [-0.1, -0.05) is 0 Å². The highest BCUT2D eigenvalue weighted by molar-refractivity contribution is 7.98. The van der Waals surface area contributed by atoms with E-state index < -0.39 is 0 Å². The Bertz CT molecular complexity index is 456. The lowest BCUT2D eigenvalue weighted by Gasteiger charge is -2.04. The molecule has 0 saturated heterocycles. The summed E-state index contributed by atoms with van der Waals surface area (Å²) in [4.78, 5) is 5.55. The number of benzene rings is 1. The Morgan fingerprint density at radius 3 is 2.86 bits per heavy atom. The third-order valence-electron chi connectivity index (χ3n) is 2.13. The predicted octanol–water partition coefficient (Wildman–Crippen LogP) is 2.97. The molecule has 0 bridgehead atoms. The molecule has 1 heterocycles. The van der Waals surface area contributed by atoms with E-state index in [2.05, 4.69) is 11.2 Å². The fourth-order valence-corrected chi connectivity index (χ4v) is 2.00. The zero-order chi connectivity index (χ0) is 9.97. The molecule has 1 aromatic heterocycles. The Balaban J connectivity index is 2.67. The molecule has 2 aromatic rings. The smallest absolute Gasteiger partial charge is 0.121 e. The van der Waals surface area contributed by atoms with Crippen molar-refractivity contribution in [2.75, 3.05) is 13.4 Å². The number of ether oxygens (including phenoxy) is 1. The maximum absolute atomic E-state index is 5.15. The van der Waals surface area contributed by atoms with Gasteiger partial charge in [0.15, 0.2) is 0 Å². The molecule has 0 aliphatic carbocycles. The van der Waals surface area contributed by atoms with Crippen LogP contribution in [0.3, 0.4) is 0 Å². The average molecular weight is 205 g/mol. The number of aromatic nitrogens is 1. The van der Waals surface area contributed by atoms with Gasteiger partial charge in [-0.2, -0.15) is 0 Å². The number of methoxy groups -OCH3 is 1. The highest BCUT2D eigenvalue weighted by atomic mass is 32.2. The second-order valence-electron chi connectivity index (χ2n) is 2.90. The third-order valence-corrected chi connectivity index (χ3v) is 2.93.